The van der Waals surface area contributed by atoms with E-state index in [4.69, 9.17) is 14.2 Å². The summed E-state index contributed by atoms with van der Waals surface area (Å²) in [6.07, 6.45) is 9.80. The zero-order valence-corrected chi connectivity index (χ0v) is 31.6. The van der Waals surface area contributed by atoms with Crippen molar-refractivity contribution < 1.29 is 23.8 Å². The van der Waals surface area contributed by atoms with Gasteiger partial charge in [-0.05, 0) is 105 Å². The minimum absolute atomic E-state index is 0.0308. The van der Waals surface area contributed by atoms with Gasteiger partial charge in [0.1, 0.15) is 11.6 Å². The number of benzene rings is 2. The molecular weight excluding hydrogens is 679 g/mol. The van der Waals surface area contributed by atoms with Gasteiger partial charge in [-0.2, -0.15) is 0 Å². The van der Waals surface area contributed by atoms with Crippen LogP contribution in [-0.4, -0.2) is 79.3 Å². The number of esters is 1. The highest BCUT2D eigenvalue weighted by molar-refractivity contribution is 6.10. The zero-order chi connectivity index (χ0) is 37.3. The Kier molecular flexibility index (Phi) is 12.4. The normalized spacial score (nSPS) is 17.5. The van der Waals surface area contributed by atoms with Crippen molar-refractivity contribution in [3.05, 3.63) is 108 Å². The Hall–Kier alpha value is -4.96. The maximum Gasteiger partial charge on any atom is 0.306 e. The Morgan fingerprint density at radius 1 is 0.852 bits per heavy atom. The SMILES string of the molecule is CCOC(=O)CC(c1ccnc(OCC2CCN(c3cc(OC)ccc3C(=O)N(c3ccccn3)C3CCN(Cc4ccccc4)CC3)CC2)c1)C1CC1. The summed E-state index contributed by atoms with van der Waals surface area (Å²) in [6, 6.07) is 26.2. The predicted molar refractivity (Wildman–Crippen MR) is 210 cm³/mol. The number of methoxy groups -OCH3 is 1. The summed E-state index contributed by atoms with van der Waals surface area (Å²) in [7, 11) is 1.67. The number of hydrogen-bond acceptors (Lipinski definition) is 9. The Balaban J connectivity index is 1.01. The molecule has 0 N–H and O–H groups in total. The van der Waals surface area contributed by atoms with Crippen LogP contribution in [0.5, 0.6) is 11.6 Å². The summed E-state index contributed by atoms with van der Waals surface area (Å²) in [6.45, 7) is 7.13. The third-order valence-corrected chi connectivity index (χ3v) is 11.2. The van der Waals surface area contributed by atoms with Crippen molar-refractivity contribution in [3.63, 3.8) is 0 Å². The number of amides is 1. The lowest BCUT2D eigenvalue weighted by Gasteiger charge is -2.39. The van der Waals surface area contributed by atoms with E-state index in [-0.39, 0.29) is 23.8 Å². The van der Waals surface area contributed by atoms with E-state index >= 15 is 0 Å². The van der Waals surface area contributed by atoms with Gasteiger partial charge in [-0.1, -0.05) is 36.4 Å². The lowest BCUT2D eigenvalue weighted by molar-refractivity contribution is -0.143. The van der Waals surface area contributed by atoms with Crippen LogP contribution in [0.25, 0.3) is 0 Å². The maximum absolute atomic E-state index is 14.8. The van der Waals surface area contributed by atoms with Gasteiger partial charge >= 0.3 is 5.97 Å². The predicted octanol–water partition coefficient (Wildman–Crippen LogP) is 7.54. The first-order valence-corrected chi connectivity index (χ1v) is 19.7. The molecule has 2 saturated heterocycles. The van der Waals surface area contributed by atoms with Crippen LogP contribution in [0.2, 0.25) is 0 Å². The maximum atomic E-state index is 14.8. The Morgan fingerprint density at radius 3 is 2.33 bits per heavy atom. The number of pyridine rings is 2. The molecule has 4 aromatic rings. The molecule has 1 amide bonds. The van der Waals surface area contributed by atoms with E-state index in [1.54, 1.807) is 19.5 Å². The molecule has 1 unspecified atom stereocenters. The van der Waals surface area contributed by atoms with Crippen molar-refractivity contribution in [1.29, 1.82) is 0 Å². The van der Waals surface area contributed by atoms with E-state index < -0.39 is 0 Å². The van der Waals surface area contributed by atoms with E-state index in [1.165, 1.54) is 5.56 Å². The quantitative estimate of drug-likeness (QED) is 0.115. The molecule has 54 heavy (non-hydrogen) atoms. The molecule has 10 nitrogen and oxygen atoms in total. The molecule has 284 valence electrons. The van der Waals surface area contributed by atoms with E-state index in [2.05, 4.69) is 50.1 Å². The van der Waals surface area contributed by atoms with Crippen LogP contribution in [0.4, 0.5) is 11.5 Å². The second-order valence-electron chi connectivity index (χ2n) is 14.9. The van der Waals surface area contributed by atoms with E-state index in [1.807, 2.05) is 60.4 Å². The minimum Gasteiger partial charge on any atom is -0.497 e. The van der Waals surface area contributed by atoms with Gasteiger partial charge in [0.2, 0.25) is 5.88 Å². The van der Waals surface area contributed by atoms with Crippen LogP contribution in [0, 0.1) is 11.8 Å². The molecule has 7 rings (SSSR count). The monoisotopic (exact) mass is 731 g/mol. The first kappa shape index (κ1) is 37.4. The van der Waals surface area contributed by atoms with Crippen molar-refractivity contribution in [2.75, 3.05) is 56.3 Å². The second-order valence-corrected chi connectivity index (χ2v) is 14.9. The first-order valence-electron chi connectivity index (χ1n) is 19.7. The molecule has 1 atom stereocenters. The molecule has 2 aromatic heterocycles. The van der Waals surface area contributed by atoms with Crippen molar-refractivity contribution in [1.82, 2.24) is 14.9 Å². The molecule has 2 aromatic carbocycles. The number of aromatic nitrogens is 2. The second kappa shape index (κ2) is 17.9. The van der Waals surface area contributed by atoms with Crippen LogP contribution >= 0.6 is 0 Å². The van der Waals surface area contributed by atoms with E-state index in [9.17, 15) is 9.59 Å². The van der Waals surface area contributed by atoms with Gasteiger partial charge in [0.15, 0.2) is 0 Å². The highest BCUT2D eigenvalue weighted by atomic mass is 16.5. The molecule has 1 aliphatic carbocycles. The summed E-state index contributed by atoms with van der Waals surface area (Å²) < 4.78 is 17.2. The highest BCUT2D eigenvalue weighted by Crippen LogP contribution is 2.45. The fourth-order valence-corrected chi connectivity index (χ4v) is 8.07. The van der Waals surface area contributed by atoms with E-state index in [0.29, 0.717) is 48.7 Å². The standard InChI is InChI=1S/C44H53N5O5/c1-3-53-43(50)29-39(34-12-13-34)35-16-22-46-42(27-35)54-31-33-17-25-48(26-18-33)40-28-37(52-2)14-15-38(40)44(51)49(41-11-7-8-21-45-41)36-19-23-47(24-20-36)30-32-9-5-4-6-10-32/h4-11,14-16,21-22,27-28,33-34,36,39H,3,12-13,17-20,23-26,29-31H2,1-2H3. The fraction of sp³-hybridized carbons (Fsp3) is 0.455. The first-order chi connectivity index (χ1) is 26.5. The van der Waals surface area contributed by atoms with Crippen molar-refractivity contribution in [2.45, 2.75) is 70.4 Å². The van der Waals surface area contributed by atoms with Crippen molar-refractivity contribution in [3.8, 4) is 11.6 Å². The third-order valence-electron chi connectivity index (χ3n) is 11.2. The molecule has 3 fully saturated rings. The molecule has 0 spiro atoms. The fourth-order valence-electron chi connectivity index (χ4n) is 8.07. The zero-order valence-electron chi connectivity index (χ0n) is 31.6. The lowest BCUT2D eigenvalue weighted by Crippen LogP contribution is -2.48. The summed E-state index contributed by atoms with van der Waals surface area (Å²) in [5.41, 5.74) is 3.96. The van der Waals surface area contributed by atoms with Gasteiger partial charge < -0.3 is 19.1 Å². The number of ether oxygens (including phenoxy) is 3. The van der Waals surface area contributed by atoms with Crippen LogP contribution in [0.1, 0.15) is 79.3 Å². The van der Waals surface area contributed by atoms with Gasteiger partial charge in [0, 0.05) is 63.3 Å². The molecule has 4 heterocycles. The molecule has 10 heteroatoms. The molecular formula is C44H53N5O5. The number of rotatable bonds is 15. The summed E-state index contributed by atoms with van der Waals surface area (Å²) in [5, 5.41) is 0. The van der Waals surface area contributed by atoms with Gasteiger partial charge in [0.25, 0.3) is 5.91 Å². The highest BCUT2D eigenvalue weighted by Gasteiger charge is 2.35. The number of hydrogen-bond donors (Lipinski definition) is 0. The van der Waals surface area contributed by atoms with Crippen LogP contribution in [0.3, 0.4) is 0 Å². The van der Waals surface area contributed by atoms with Crippen LogP contribution in [-0.2, 0) is 16.1 Å². The van der Waals surface area contributed by atoms with Crippen LogP contribution < -0.4 is 19.3 Å². The Morgan fingerprint density at radius 2 is 1.63 bits per heavy atom. The van der Waals surface area contributed by atoms with Gasteiger partial charge in [-0.25, -0.2) is 9.97 Å². The molecule has 0 bridgehead atoms. The van der Waals surface area contributed by atoms with E-state index in [0.717, 1.165) is 88.2 Å². The molecule has 0 radical (unpaired) electrons. The molecule has 1 saturated carbocycles. The van der Waals surface area contributed by atoms with Crippen molar-refractivity contribution >= 4 is 23.4 Å². The largest absolute Gasteiger partial charge is 0.497 e. The summed E-state index contributed by atoms with van der Waals surface area (Å²) in [5.74, 6) is 2.83. The van der Waals surface area contributed by atoms with Gasteiger partial charge in [-0.15, -0.1) is 0 Å². The number of carbonyl (C=O) groups is 2. The molecule has 2 aliphatic heterocycles. The summed E-state index contributed by atoms with van der Waals surface area (Å²) in [4.78, 5) is 43.0. The number of anilines is 2. The topological polar surface area (TPSA) is 97.3 Å². The number of carbonyl (C=O) groups excluding carboxylic acids is 2. The van der Waals surface area contributed by atoms with Gasteiger partial charge in [0.05, 0.1) is 38.0 Å². The average molecular weight is 732 g/mol. The Labute approximate surface area is 319 Å². The third kappa shape index (κ3) is 9.39. The van der Waals surface area contributed by atoms with Gasteiger partial charge in [-0.3, -0.25) is 19.4 Å². The molecule has 3 aliphatic rings. The lowest BCUT2D eigenvalue weighted by atomic mass is 9.92. The number of likely N-dealkylation sites (tertiary alicyclic amines) is 1. The average Bonchev–Trinajstić information content (AvgIpc) is 4.07. The smallest absolute Gasteiger partial charge is 0.306 e. The summed E-state index contributed by atoms with van der Waals surface area (Å²) >= 11 is 0. The number of nitrogens with zero attached hydrogens (tertiary/aromatic N) is 5. The number of piperidine rings is 2. The van der Waals surface area contributed by atoms with Crippen LogP contribution in [0.15, 0.2) is 91.3 Å². The van der Waals surface area contributed by atoms with Crippen molar-refractivity contribution in [2.24, 2.45) is 11.8 Å². The Bertz CT molecular complexity index is 1820. The minimum atomic E-state index is -0.148.